The molecule has 0 spiro atoms. The zero-order valence-electron chi connectivity index (χ0n) is 15.4. The molecule has 0 aliphatic carbocycles. The van der Waals surface area contributed by atoms with Gasteiger partial charge in [0.05, 0.1) is 25.3 Å². The Balaban J connectivity index is 0.00000243. The Kier molecular flexibility index (Phi) is 7.43. The Morgan fingerprint density at radius 1 is 1.27 bits per heavy atom. The average Bonchev–Trinajstić information content (AvgIpc) is 3.08. The molecule has 3 heterocycles. The van der Waals surface area contributed by atoms with E-state index in [1.54, 1.807) is 17.9 Å². The second-order valence-corrected chi connectivity index (χ2v) is 6.73. The van der Waals surface area contributed by atoms with Crippen molar-refractivity contribution in [3.63, 3.8) is 0 Å². The monoisotopic (exact) mass is 385 g/mol. The van der Waals surface area contributed by atoms with Crippen LogP contribution in [0.1, 0.15) is 24.4 Å². The molecule has 146 valence electrons. The number of halogens is 1. The minimum Gasteiger partial charge on any atom is -0.378 e. The molecule has 26 heavy (non-hydrogen) atoms. The fraction of sp³-hybridized carbons (Fsp3) is 0.706. The number of carbonyl (C=O) groups is 2. The maximum Gasteiger partial charge on any atom is 0.244 e. The van der Waals surface area contributed by atoms with Crippen LogP contribution in [-0.4, -0.2) is 77.8 Å². The summed E-state index contributed by atoms with van der Waals surface area (Å²) in [6.45, 7) is 3.70. The molecule has 0 radical (unpaired) electrons. The summed E-state index contributed by atoms with van der Waals surface area (Å²) in [5, 5.41) is 7.23. The molecule has 2 unspecified atom stereocenters. The third-order valence-electron chi connectivity index (χ3n) is 5.00. The second kappa shape index (κ2) is 9.34. The van der Waals surface area contributed by atoms with Crippen LogP contribution in [0.3, 0.4) is 0 Å². The third-order valence-corrected chi connectivity index (χ3v) is 5.00. The maximum absolute atomic E-state index is 13.0. The maximum atomic E-state index is 13.0. The fourth-order valence-electron chi connectivity index (χ4n) is 3.63. The molecule has 2 fully saturated rings. The van der Waals surface area contributed by atoms with Crippen LogP contribution in [0.15, 0.2) is 12.4 Å². The molecule has 1 aromatic rings. The first kappa shape index (κ1) is 20.7. The topological polar surface area (TPSA) is 79.7 Å². The molecule has 2 aliphatic heterocycles. The summed E-state index contributed by atoms with van der Waals surface area (Å²) in [7, 11) is 3.61. The van der Waals surface area contributed by atoms with Gasteiger partial charge < -0.3 is 19.9 Å². The smallest absolute Gasteiger partial charge is 0.244 e. The van der Waals surface area contributed by atoms with E-state index in [4.69, 9.17) is 4.74 Å². The number of ether oxygens (including phenoxy) is 1. The van der Waals surface area contributed by atoms with Crippen molar-refractivity contribution in [1.82, 2.24) is 24.9 Å². The molecular weight excluding hydrogens is 358 g/mol. The molecule has 2 aliphatic rings. The van der Waals surface area contributed by atoms with Crippen LogP contribution in [0.25, 0.3) is 0 Å². The van der Waals surface area contributed by atoms with Crippen LogP contribution in [0, 0.1) is 5.92 Å². The van der Waals surface area contributed by atoms with Crippen LogP contribution < -0.4 is 5.32 Å². The van der Waals surface area contributed by atoms with Gasteiger partial charge in [0, 0.05) is 45.0 Å². The van der Waals surface area contributed by atoms with Crippen LogP contribution in [0.2, 0.25) is 0 Å². The summed E-state index contributed by atoms with van der Waals surface area (Å²) in [6.07, 6.45) is 5.26. The number of morpholine rings is 1. The first-order chi connectivity index (χ1) is 12.1. The van der Waals surface area contributed by atoms with Gasteiger partial charge >= 0.3 is 0 Å². The number of hydrogen-bond donors (Lipinski definition) is 1. The number of carbonyl (C=O) groups excluding carboxylic acids is 2. The fourth-order valence-corrected chi connectivity index (χ4v) is 3.63. The average molecular weight is 386 g/mol. The summed E-state index contributed by atoms with van der Waals surface area (Å²) < 4.78 is 7.01. The molecule has 2 saturated heterocycles. The quantitative estimate of drug-likeness (QED) is 0.801. The Bertz CT molecular complexity index is 617. The molecule has 3 rings (SSSR count). The molecule has 1 aromatic heterocycles. The summed E-state index contributed by atoms with van der Waals surface area (Å²) >= 11 is 0. The summed E-state index contributed by atoms with van der Waals surface area (Å²) in [4.78, 5) is 29.4. The van der Waals surface area contributed by atoms with E-state index in [1.165, 1.54) is 0 Å². The number of hydrogen-bond acceptors (Lipinski definition) is 5. The Labute approximate surface area is 160 Å². The molecule has 1 N–H and O–H groups in total. The first-order valence-electron chi connectivity index (χ1n) is 8.91. The van der Waals surface area contributed by atoms with Gasteiger partial charge in [-0.3, -0.25) is 14.3 Å². The van der Waals surface area contributed by atoms with Crippen LogP contribution in [0.4, 0.5) is 0 Å². The van der Waals surface area contributed by atoms with E-state index < -0.39 is 6.04 Å². The van der Waals surface area contributed by atoms with Gasteiger partial charge in [-0.1, -0.05) is 0 Å². The first-order valence-corrected chi connectivity index (χ1v) is 8.91. The molecule has 2 atom stereocenters. The van der Waals surface area contributed by atoms with Crippen molar-refractivity contribution in [3.8, 4) is 0 Å². The van der Waals surface area contributed by atoms with Crippen molar-refractivity contribution in [1.29, 1.82) is 0 Å². The van der Waals surface area contributed by atoms with E-state index in [0.29, 0.717) is 39.4 Å². The minimum absolute atomic E-state index is 0. The number of rotatable bonds is 4. The zero-order chi connectivity index (χ0) is 17.8. The van der Waals surface area contributed by atoms with Crippen molar-refractivity contribution >= 4 is 24.2 Å². The summed E-state index contributed by atoms with van der Waals surface area (Å²) in [5.74, 6) is 0.0559. The normalized spacial score (nSPS) is 21.8. The second-order valence-electron chi connectivity index (χ2n) is 6.73. The molecule has 9 heteroatoms. The van der Waals surface area contributed by atoms with Crippen LogP contribution in [0.5, 0.6) is 0 Å². The summed E-state index contributed by atoms with van der Waals surface area (Å²) in [6, 6.07) is -0.425. The van der Waals surface area contributed by atoms with E-state index in [9.17, 15) is 9.59 Å². The highest BCUT2D eigenvalue weighted by Crippen LogP contribution is 2.23. The number of aromatic nitrogens is 2. The van der Waals surface area contributed by atoms with Crippen LogP contribution >= 0.6 is 12.4 Å². The van der Waals surface area contributed by atoms with Crippen molar-refractivity contribution in [2.24, 2.45) is 13.0 Å². The number of nitrogens with zero attached hydrogens (tertiary/aromatic N) is 4. The standard InChI is InChI=1S/C17H27N5O3.ClH/c1-18-15(14-10-19-20(2)11-14)17(24)22-5-3-4-13(12-22)16(23)21-6-8-25-9-7-21;/h10-11,13,15,18H,3-9,12H2,1-2H3;1H. The number of likely N-dealkylation sites (tertiary alicyclic amines) is 1. The lowest BCUT2D eigenvalue weighted by Crippen LogP contribution is -2.51. The van der Waals surface area contributed by atoms with Crippen molar-refractivity contribution < 1.29 is 14.3 Å². The molecule has 0 bridgehead atoms. The lowest BCUT2D eigenvalue weighted by Gasteiger charge is -2.37. The van der Waals surface area contributed by atoms with Gasteiger partial charge in [0.25, 0.3) is 0 Å². The van der Waals surface area contributed by atoms with Crippen molar-refractivity contribution in [3.05, 3.63) is 18.0 Å². The van der Waals surface area contributed by atoms with Gasteiger partial charge in [-0.2, -0.15) is 5.10 Å². The van der Waals surface area contributed by atoms with E-state index in [0.717, 1.165) is 18.4 Å². The Hall–Kier alpha value is -1.64. The highest BCUT2D eigenvalue weighted by Gasteiger charge is 2.34. The number of piperidine rings is 1. The van der Waals surface area contributed by atoms with Crippen molar-refractivity contribution in [2.45, 2.75) is 18.9 Å². The van der Waals surface area contributed by atoms with E-state index in [-0.39, 0.29) is 30.1 Å². The Morgan fingerprint density at radius 2 is 2.00 bits per heavy atom. The predicted molar refractivity (Wildman–Crippen MR) is 99.0 cm³/mol. The zero-order valence-corrected chi connectivity index (χ0v) is 16.2. The number of likely N-dealkylation sites (N-methyl/N-ethyl adjacent to an activating group) is 1. The lowest BCUT2D eigenvalue weighted by atomic mass is 9.95. The number of amides is 2. The van der Waals surface area contributed by atoms with Gasteiger partial charge in [-0.25, -0.2) is 0 Å². The van der Waals surface area contributed by atoms with Gasteiger partial charge in [0.1, 0.15) is 6.04 Å². The van der Waals surface area contributed by atoms with Gasteiger partial charge in [-0.05, 0) is 19.9 Å². The minimum atomic E-state index is -0.425. The highest BCUT2D eigenvalue weighted by molar-refractivity contribution is 5.85. The van der Waals surface area contributed by atoms with E-state index >= 15 is 0 Å². The molecule has 8 nitrogen and oxygen atoms in total. The SMILES string of the molecule is CNC(C(=O)N1CCCC(C(=O)N2CCOCC2)C1)c1cnn(C)c1.Cl. The molecule has 0 saturated carbocycles. The third kappa shape index (κ3) is 4.55. The predicted octanol–water partition coefficient (Wildman–Crippen LogP) is 0.200. The Morgan fingerprint density at radius 3 is 2.62 bits per heavy atom. The van der Waals surface area contributed by atoms with Crippen molar-refractivity contribution in [2.75, 3.05) is 46.4 Å². The highest BCUT2D eigenvalue weighted by atomic mass is 35.5. The van der Waals surface area contributed by atoms with Gasteiger partial charge in [0.2, 0.25) is 11.8 Å². The molecule has 0 aromatic carbocycles. The van der Waals surface area contributed by atoms with Gasteiger partial charge in [-0.15, -0.1) is 12.4 Å². The molecular formula is C17H28ClN5O3. The van der Waals surface area contributed by atoms with E-state index in [1.807, 2.05) is 23.0 Å². The largest absolute Gasteiger partial charge is 0.378 e. The molecule has 2 amide bonds. The number of aryl methyl sites for hydroxylation is 1. The number of nitrogens with one attached hydrogen (secondary N) is 1. The van der Waals surface area contributed by atoms with Gasteiger partial charge in [0.15, 0.2) is 0 Å². The van der Waals surface area contributed by atoms with E-state index in [2.05, 4.69) is 10.4 Å². The lowest BCUT2D eigenvalue weighted by molar-refractivity contribution is -0.144. The van der Waals surface area contributed by atoms with Crippen LogP contribution in [-0.2, 0) is 21.4 Å². The summed E-state index contributed by atoms with van der Waals surface area (Å²) in [5.41, 5.74) is 0.844.